The Balaban J connectivity index is 0.796. The van der Waals surface area contributed by atoms with Crippen LogP contribution in [0.3, 0.4) is 0 Å². The van der Waals surface area contributed by atoms with Gasteiger partial charge in [0.05, 0.1) is 78.9 Å². The van der Waals surface area contributed by atoms with Gasteiger partial charge in [-0.3, -0.25) is 39.1 Å². The van der Waals surface area contributed by atoms with Gasteiger partial charge in [0, 0.05) is 41.4 Å². The predicted molar refractivity (Wildman–Crippen MR) is 220 cm³/mol. The van der Waals surface area contributed by atoms with Crippen LogP contribution in [0.25, 0.3) is 28.0 Å². The molecule has 60 heavy (non-hydrogen) atoms. The molecule has 3 aromatic carbocycles. The van der Waals surface area contributed by atoms with Crippen molar-refractivity contribution >= 4 is 52.1 Å². The number of hydrogen-bond acceptors (Lipinski definition) is 12. The predicted octanol–water partition coefficient (Wildman–Crippen LogP) is 4.15. The number of anilines is 2. The van der Waals surface area contributed by atoms with Crippen LogP contribution in [0.15, 0.2) is 67.0 Å². The molecule has 18 heteroatoms. The molecule has 0 spiro atoms. The van der Waals surface area contributed by atoms with Crippen molar-refractivity contribution in [1.82, 2.24) is 30.0 Å². The average molecular weight is 822 g/mol. The highest BCUT2D eigenvalue weighted by Gasteiger charge is 2.45. The lowest BCUT2D eigenvalue weighted by Gasteiger charge is -2.27. The second kappa shape index (κ2) is 18.1. The summed E-state index contributed by atoms with van der Waals surface area (Å²) < 4.78 is 24.8. The third kappa shape index (κ3) is 9.30. The number of primary amides is 1. The molecule has 2 aliphatic heterocycles. The van der Waals surface area contributed by atoms with Gasteiger partial charge < -0.3 is 35.3 Å². The normalized spacial score (nSPS) is 15.4. The number of piperidine rings is 1. The molecule has 0 radical (unpaired) electrons. The quantitative estimate of drug-likeness (QED) is 0.0620. The van der Waals surface area contributed by atoms with E-state index >= 15 is 0 Å². The van der Waals surface area contributed by atoms with E-state index in [1.54, 1.807) is 30.6 Å². The molecular formula is C42H47N9O9. The number of amides is 6. The molecule has 1 fully saturated rings. The number of nitrogens with two attached hydrogens (primary N) is 1. The molecule has 1 atom stereocenters. The maximum Gasteiger partial charge on any atom is 0.316 e. The average Bonchev–Trinajstić information content (AvgIpc) is 3.94. The number of aromatic nitrogens is 4. The number of imide groups is 2. The first-order valence-corrected chi connectivity index (χ1v) is 19.6. The first-order chi connectivity index (χ1) is 28.9. The third-order valence-electron chi connectivity index (χ3n) is 9.96. The van der Waals surface area contributed by atoms with Crippen molar-refractivity contribution < 1.29 is 42.9 Å². The number of H-pyrrole nitrogens is 1. The van der Waals surface area contributed by atoms with E-state index in [9.17, 15) is 24.0 Å². The maximum atomic E-state index is 13.2. The number of benzene rings is 3. The van der Waals surface area contributed by atoms with Gasteiger partial charge in [-0.05, 0) is 55.0 Å². The first-order valence-electron chi connectivity index (χ1n) is 19.6. The van der Waals surface area contributed by atoms with E-state index in [0.29, 0.717) is 69.9 Å². The molecule has 2 aliphatic rings. The van der Waals surface area contributed by atoms with E-state index in [4.69, 9.17) is 24.7 Å². The molecule has 1 saturated heterocycles. The third-order valence-corrected chi connectivity index (χ3v) is 9.96. The van der Waals surface area contributed by atoms with E-state index in [0.717, 1.165) is 38.6 Å². The Hall–Kier alpha value is -6.63. The largest absolute Gasteiger partial charge is 0.491 e. The van der Waals surface area contributed by atoms with Gasteiger partial charge in [-0.2, -0.15) is 5.10 Å². The van der Waals surface area contributed by atoms with E-state index < -0.39 is 35.7 Å². The van der Waals surface area contributed by atoms with Crippen LogP contribution < -0.4 is 26.4 Å². The summed E-state index contributed by atoms with van der Waals surface area (Å²) >= 11 is 0. The highest BCUT2D eigenvalue weighted by Crippen LogP contribution is 2.34. The van der Waals surface area contributed by atoms with Gasteiger partial charge in [-0.1, -0.05) is 26.8 Å². The van der Waals surface area contributed by atoms with Gasteiger partial charge in [0.25, 0.3) is 11.8 Å². The second-order valence-corrected chi connectivity index (χ2v) is 15.2. The Morgan fingerprint density at radius 1 is 0.867 bits per heavy atom. The molecule has 2 aromatic heterocycles. The molecule has 18 nitrogen and oxygen atoms in total. The van der Waals surface area contributed by atoms with Crippen LogP contribution in [0.1, 0.15) is 60.0 Å². The van der Waals surface area contributed by atoms with E-state index in [2.05, 4.69) is 51.9 Å². The maximum absolute atomic E-state index is 13.2. The Kier molecular flexibility index (Phi) is 12.5. The van der Waals surface area contributed by atoms with E-state index in [1.807, 2.05) is 41.0 Å². The monoisotopic (exact) mass is 821 g/mol. The number of rotatable bonds is 18. The zero-order valence-electron chi connectivity index (χ0n) is 33.5. The standard InChI is InChI=1S/C42H47N9O9/c1-42(2,3)35-23-31(48-49-35)28-21-25(7-9-29(28)46-41(43)56)50-24-45-32-22-26(8-10-33(32)50)60-20-19-59-18-17-58-16-15-57-14-13-44-30-6-4-5-27-37(30)40(55)51(39(27)54)34-11-12-36(52)47-38(34)53/h4-10,21-24,34,44H,11-20H2,1-3H3,(H,48,49)(H3,43,46,56)(H,47,52,53). The lowest BCUT2D eigenvalue weighted by atomic mass is 9.92. The number of carbonyl (C=O) groups excluding carboxylic acids is 5. The van der Waals surface area contributed by atoms with Crippen molar-refractivity contribution in [2.24, 2.45) is 5.73 Å². The summed E-state index contributed by atoms with van der Waals surface area (Å²) in [5.74, 6) is -1.55. The minimum absolute atomic E-state index is 0.0566. The van der Waals surface area contributed by atoms with Crippen LogP contribution in [-0.2, 0) is 29.2 Å². The van der Waals surface area contributed by atoms with Crippen LogP contribution in [0.2, 0.25) is 0 Å². The first kappa shape index (κ1) is 41.5. The zero-order valence-corrected chi connectivity index (χ0v) is 33.5. The molecular weight excluding hydrogens is 775 g/mol. The summed E-state index contributed by atoms with van der Waals surface area (Å²) in [5.41, 5.74) is 11.5. The van der Waals surface area contributed by atoms with Gasteiger partial charge in [0.1, 0.15) is 24.7 Å². The number of nitrogens with one attached hydrogen (secondary N) is 4. The molecule has 0 saturated carbocycles. The SMILES string of the molecule is CC(C)(C)c1cc(-c2cc(-n3cnc4cc(OCCOCCOCCOCCNc5cccc6c5C(=O)N(C5CCC(=O)NC5=O)C6=O)ccc43)ccc2NC(N)=O)[nH]n1. The smallest absolute Gasteiger partial charge is 0.316 e. The van der Waals surface area contributed by atoms with Crippen molar-refractivity contribution in [3.05, 3.63) is 83.8 Å². The molecule has 1 unspecified atom stereocenters. The fraction of sp³-hybridized carbons (Fsp3) is 0.357. The highest BCUT2D eigenvalue weighted by atomic mass is 16.6. The molecule has 6 amide bonds. The Morgan fingerprint density at radius 2 is 1.62 bits per heavy atom. The summed E-state index contributed by atoms with van der Waals surface area (Å²) in [6.07, 6.45) is 1.88. The minimum atomic E-state index is -1.02. The van der Waals surface area contributed by atoms with Crippen molar-refractivity contribution in [3.8, 4) is 22.7 Å². The fourth-order valence-electron chi connectivity index (χ4n) is 6.96. The van der Waals surface area contributed by atoms with Crippen molar-refractivity contribution in [2.45, 2.75) is 45.1 Å². The number of fused-ring (bicyclic) bond motifs is 2. The molecule has 0 aliphatic carbocycles. The van der Waals surface area contributed by atoms with Crippen LogP contribution in [0.4, 0.5) is 16.2 Å². The summed E-state index contributed by atoms with van der Waals surface area (Å²) in [7, 11) is 0. The number of ether oxygens (including phenoxy) is 4. The van der Waals surface area contributed by atoms with Gasteiger partial charge >= 0.3 is 6.03 Å². The van der Waals surface area contributed by atoms with Gasteiger partial charge in [-0.25, -0.2) is 9.78 Å². The number of imidazole rings is 1. The second-order valence-electron chi connectivity index (χ2n) is 15.2. The van der Waals surface area contributed by atoms with Crippen molar-refractivity contribution in [3.63, 3.8) is 0 Å². The van der Waals surface area contributed by atoms with Gasteiger partial charge in [0.15, 0.2) is 0 Å². The Bertz CT molecular complexity index is 2420. The Labute approximate surface area is 345 Å². The number of hydrogen-bond donors (Lipinski definition) is 5. The zero-order chi connectivity index (χ0) is 42.4. The molecule has 4 heterocycles. The highest BCUT2D eigenvalue weighted by molar-refractivity contribution is 6.25. The van der Waals surface area contributed by atoms with Gasteiger partial charge in [-0.15, -0.1) is 0 Å². The summed E-state index contributed by atoms with van der Waals surface area (Å²) in [6.45, 7) is 9.07. The summed E-state index contributed by atoms with van der Waals surface area (Å²) in [6, 6.07) is 16.5. The topological polar surface area (TPSA) is 234 Å². The molecule has 6 N–H and O–H groups in total. The van der Waals surface area contributed by atoms with E-state index in [-0.39, 0.29) is 29.4 Å². The lowest BCUT2D eigenvalue weighted by molar-refractivity contribution is -0.136. The van der Waals surface area contributed by atoms with E-state index in [1.165, 1.54) is 0 Å². The van der Waals surface area contributed by atoms with Crippen LogP contribution >= 0.6 is 0 Å². The van der Waals surface area contributed by atoms with Crippen LogP contribution in [-0.4, -0.2) is 113 Å². The summed E-state index contributed by atoms with van der Waals surface area (Å²) in [4.78, 5) is 67.5. The minimum Gasteiger partial charge on any atom is -0.491 e. The molecule has 7 rings (SSSR count). The number of nitrogens with zero attached hydrogens (tertiary/aromatic N) is 4. The van der Waals surface area contributed by atoms with Crippen LogP contribution in [0.5, 0.6) is 5.75 Å². The molecule has 314 valence electrons. The Morgan fingerprint density at radius 3 is 2.33 bits per heavy atom. The number of urea groups is 1. The van der Waals surface area contributed by atoms with Gasteiger partial charge in [0.2, 0.25) is 11.8 Å². The molecule has 0 bridgehead atoms. The van der Waals surface area contributed by atoms with Crippen molar-refractivity contribution in [2.75, 3.05) is 63.4 Å². The number of aromatic amines is 1. The summed E-state index contributed by atoms with van der Waals surface area (Å²) in [5, 5.41) is 15.6. The van der Waals surface area contributed by atoms with Crippen molar-refractivity contribution in [1.29, 1.82) is 0 Å². The molecule has 5 aromatic rings. The number of carbonyl (C=O) groups is 5. The van der Waals surface area contributed by atoms with Crippen LogP contribution in [0, 0.1) is 0 Å². The fourth-order valence-corrected chi connectivity index (χ4v) is 6.96. The lowest BCUT2D eigenvalue weighted by Crippen LogP contribution is -2.54.